The van der Waals surface area contributed by atoms with Gasteiger partial charge in [-0.2, -0.15) is 0 Å². The van der Waals surface area contributed by atoms with E-state index in [0.29, 0.717) is 11.0 Å². The van der Waals surface area contributed by atoms with E-state index in [9.17, 15) is 13.2 Å². The normalized spacial score (nSPS) is 13.8. The molecule has 0 aromatic heterocycles. The van der Waals surface area contributed by atoms with Gasteiger partial charge in [0.1, 0.15) is 0 Å². The zero-order chi connectivity index (χ0) is 10.5. The number of hydrogen-bond donors (Lipinski definition) is 1. The van der Waals surface area contributed by atoms with E-state index in [2.05, 4.69) is 9.46 Å². The van der Waals surface area contributed by atoms with Crippen molar-refractivity contribution in [2.45, 2.75) is 12.2 Å². The number of sulfonamides is 1. The molecule has 0 aromatic rings. The highest BCUT2D eigenvalue weighted by atomic mass is 127. The maximum Gasteiger partial charge on any atom is 0.325 e. The summed E-state index contributed by atoms with van der Waals surface area (Å²) in [6.07, 6.45) is 0. The van der Waals surface area contributed by atoms with E-state index in [1.54, 1.807) is 0 Å². The first-order chi connectivity index (χ1) is 5.95. The smallest absolute Gasteiger partial charge is 0.325 e. The third-order valence-electron chi connectivity index (χ3n) is 1.40. The molecule has 0 amide bonds. The van der Waals surface area contributed by atoms with Crippen molar-refractivity contribution < 1.29 is 17.9 Å². The van der Waals surface area contributed by atoms with Gasteiger partial charge in [0.2, 0.25) is 10.0 Å². The van der Waals surface area contributed by atoms with Crippen LogP contribution in [-0.4, -0.2) is 37.7 Å². The third kappa shape index (κ3) is 4.23. The van der Waals surface area contributed by atoms with Crippen LogP contribution in [0.1, 0.15) is 6.92 Å². The number of alkyl halides is 1. The van der Waals surface area contributed by atoms with Crippen molar-refractivity contribution in [2.24, 2.45) is 0 Å². The van der Waals surface area contributed by atoms with Gasteiger partial charge in [-0.3, -0.25) is 4.79 Å². The number of halogens is 1. The number of carbonyl (C=O) groups is 1. The summed E-state index contributed by atoms with van der Waals surface area (Å²) >= 11 is 2.03. The van der Waals surface area contributed by atoms with E-state index in [4.69, 9.17) is 0 Å². The van der Waals surface area contributed by atoms with E-state index in [-0.39, 0.29) is 0 Å². The highest BCUT2D eigenvalue weighted by molar-refractivity contribution is 14.1. The summed E-state index contributed by atoms with van der Waals surface area (Å²) in [5, 5.41) is -1.15. The van der Waals surface area contributed by atoms with Crippen molar-refractivity contribution in [1.82, 2.24) is 4.72 Å². The minimum Gasteiger partial charge on any atom is -0.468 e. The average molecular weight is 321 g/mol. The van der Waals surface area contributed by atoms with Crippen LogP contribution in [0.15, 0.2) is 0 Å². The average Bonchev–Trinajstić information content (AvgIpc) is 2.12. The van der Waals surface area contributed by atoms with Crippen molar-refractivity contribution in [1.29, 1.82) is 0 Å². The van der Waals surface area contributed by atoms with Gasteiger partial charge >= 0.3 is 5.97 Å². The van der Waals surface area contributed by atoms with Crippen molar-refractivity contribution in [3.05, 3.63) is 0 Å². The lowest BCUT2D eigenvalue weighted by Gasteiger charge is -2.10. The number of carbonyl (C=O) groups excluding carboxylic acids is 1. The molecule has 0 heterocycles. The molecule has 1 atom stereocenters. The molecule has 0 saturated carbocycles. The van der Waals surface area contributed by atoms with Crippen LogP contribution in [-0.2, 0) is 19.6 Å². The number of methoxy groups -OCH3 is 1. The van der Waals surface area contributed by atoms with Gasteiger partial charge in [-0.1, -0.05) is 22.6 Å². The molecule has 0 radical (unpaired) electrons. The Bertz CT molecular complexity index is 264. The predicted molar refractivity (Wildman–Crippen MR) is 57.3 cm³/mol. The fourth-order valence-corrected chi connectivity index (χ4v) is 2.22. The van der Waals surface area contributed by atoms with Crippen LogP contribution in [0.3, 0.4) is 0 Å². The highest BCUT2D eigenvalue weighted by Crippen LogP contribution is 2.00. The molecule has 0 spiro atoms. The second kappa shape index (κ2) is 5.76. The Morgan fingerprint density at radius 2 is 2.15 bits per heavy atom. The molecule has 1 unspecified atom stereocenters. The summed E-state index contributed by atoms with van der Waals surface area (Å²) in [6, 6.07) is 0. The molecule has 13 heavy (non-hydrogen) atoms. The molecular formula is C6H12INO4S. The first-order valence-corrected chi connectivity index (χ1v) is 6.65. The Hall–Kier alpha value is 0.110. The summed E-state index contributed by atoms with van der Waals surface area (Å²) in [5.41, 5.74) is 0. The van der Waals surface area contributed by atoms with Crippen LogP contribution in [0.25, 0.3) is 0 Å². The zero-order valence-corrected chi connectivity index (χ0v) is 10.4. The molecule has 0 fully saturated rings. The second-order valence-electron chi connectivity index (χ2n) is 2.29. The van der Waals surface area contributed by atoms with Crippen molar-refractivity contribution >= 4 is 38.6 Å². The van der Waals surface area contributed by atoms with Gasteiger partial charge in [-0.25, -0.2) is 13.1 Å². The molecule has 0 aliphatic carbocycles. The molecule has 0 saturated heterocycles. The molecular weight excluding hydrogens is 309 g/mol. The molecule has 5 nitrogen and oxygen atoms in total. The molecule has 0 aliphatic heterocycles. The Labute approximate surface area is 91.4 Å². The Kier molecular flexibility index (Phi) is 5.81. The van der Waals surface area contributed by atoms with Crippen LogP contribution in [0.2, 0.25) is 0 Å². The Balaban J connectivity index is 4.37. The number of nitrogens with one attached hydrogen (secondary N) is 1. The van der Waals surface area contributed by atoms with Crippen molar-refractivity contribution in [2.75, 3.05) is 18.1 Å². The summed E-state index contributed by atoms with van der Waals surface area (Å²) in [4.78, 5) is 10.9. The van der Waals surface area contributed by atoms with E-state index in [1.165, 1.54) is 6.92 Å². The quantitative estimate of drug-likeness (QED) is 0.436. The number of esters is 1. The van der Waals surface area contributed by atoms with Gasteiger partial charge in [-0.05, 0) is 6.92 Å². The first-order valence-electron chi connectivity index (χ1n) is 3.58. The number of hydrogen-bond acceptors (Lipinski definition) is 4. The second-order valence-corrected chi connectivity index (χ2v) is 5.46. The highest BCUT2D eigenvalue weighted by Gasteiger charge is 2.27. The van der Waals surface area contributed by atoms with Crippen molar-refractivity contribution in [3.8, 4) is 0 Å². The lowest BCUT2D eigenvalue weighted by Crippen LogP contribution is -2.38. The van der Waals surface area contributed by atoms with Gasteiger partial charge in [-0.15, -0.1) is 0 Å². The molecule has 0 rings (SSSR count). The fourth-order valence-electron chi connectivity index (χ4n) is 0.598. The molecule has 1 N–H and O–H groups in total. The molecule has 0 aromatic carbocycles. The number of ether oxygens (including phenoxy) is 1. The largest absolute Gasteiger partial charge is 0.468 e. The van der Waals surface area contributed by atoms with E-state index < -0.39 is 21.2 Å². The Morgan fingerprint density at radius 3 is 2.54 bits per heavy atom. The predicted octanol–water partition coefficient (Wildman–Crippen LogP) is -0.0977. The lowest BCUT2D eigenvalue weighted by molar-refractivity contribution is -0.139. The topological polar surface area (TPSA) is 72.5 Å². The molecule has 0 aliphatic rings. The van der Waals surface area contributed by atoms with E-state index >= 15 is 0 Å². The molecule has 0 bridgehead atoms. The standard InChI is InChI=1S/C6H12INO4S/c1-5(6(9)12-2)13(10,11)8-4-3-7/h5,8H,3-4H2,1-2H3. The van der Waals surface area contributed by atoms with Crippen LogP contribution in [0, 0.1) is 0 Å². The molecule has 7 heteroatoms. The Morgan fingerprint density at radius 1 is 1.62 bits per heavy atom. The van der Waals surface area contributed by atoms with Crippen LogP contribution in [0.4, 0.5) is 0 Å². The third-order valence-corrected chi connectivity index (χ3v) is 3.67. The fraction of sp³-hybridized carbons (Fsp3) is 0.833. The van der Waals surface area contributed by atoms with Gasteiger partial charge in [0, 0.05) is 11.0 Å². The van der Waals surface area contributed by atoms with Gasteiger partial charge < -0.3 is 4.74 Å². The number of rotatable bonds is 5. The SMILES string of the molecule is COC(=O)C(C)S(=O)(=O)NCCI. The van der Waals surface area contributed by atoms with Gasteiger partial charge in [0.05, 0.1) is 7.11 Å². The monoisotopic (exact) mass is 321 g/mol. The minimum absolute atomic E-state index is 0.324. The van der Waals surface area contributed by atoms with Crippen LogP contribution >= 0.6 is 22.6 Å². The maximum absolute atomic E-state index is 11.3. The van der Waals surface area contributed by atoms with E-state index in [1.807, 2.05) is 22.6 Å². The summed E-state index contributed by atoms with van der Waals surface area (Å²) in [6.45, 7) is 1.62. The summed E-state index contributed by atoms with van der Waals surface area (Å²) < 4.78 is 29.8. The van der Waals surface area contributed by atoms with Crippen molar-refractivity contribution in [3.63, 3.8) is 0 Å². The summed E-state index contributed by atoms with van der Waals surface area (Å²) in [7, 11) is -2.40. The lowest BCUT2D eigenvalue weighted by atomic mass is 10.5. The summed E-state index contributed by atoms with van der Waals surface area (Å²) in [5.74, 6) is -0.749. The van der Waals surface area contributed by atoms with Crippen LogP contribution < -0.4 is 4.72 Å². The van der Waals surface area contributed by atoms with Crippen LogP contribution in [0.5, 0.6) is 0 Å². The maximum atomic E-state index is 11.3. The van der Waals surface area contributed by atoms with Gasteiger partial charge in [0.25, 0.3) is 0 Å². The minimum atomic E-state index is -3.56. The zero-order valence-electron chi connectivity index (χ0n) is 7.41. The first kappa shape index (κ1) is 13.1. The van der Waals surface area contributed by atoms with E-state index in [0.717, 1.165) is 7.11 Å². The molecule has 78 valence electrons. The van der Waals surface area contributed by atoms with Gasteiger partial charge in [0.15, 0.2) is 5.25 Å².